The van der Waals surface area contributed by atoms with Crippen LogP contribution in [0.1, 0.15) is 89.1 Å². The van der Waals surface area contributed by atoms with Crippen LogP contribution in [0.5, 0.6) is 5.75 Å². The van der Waals surface area contributed by atoms with Gasteiger partial charge in [-0.3, -0.25) is 9.59 Å². The first-order valence-electron chi connectivity index (χ1n) is 17.6. The van der Waals surface area contributed by atoms with E-state index in [0.717, 1.165) is 10.9 Å². The zero-order chi connectivity index (χ0) is 38.6. The number of rotatable bonds is 9. The van der Waals surface area contributed by atoms with Gasteiger partial charge in [0, 0.05) is 6.07 Å². The van der Waals surface area contributed by atoms with E-state index >= 15 is 0 Å². The number of benzene rings is 2. The van der Waals surface area contributed by atoms with Crippen molar-refractivity contribution in [1.29, 1.82) is 0 Å². The summed E-state index contributed by atoms with van der Waals surface area (Å²) in [6.07, 6.45) is -0.0834. The molecule has 1 saturated heterocycles. The van der Waals surface area contributed by atoms with E-state index in [0.29, 0.717) is 23.9 Å². The molecule has 1 aromatic heterocycles. The van der Waals surface area contributed by atoms with E-state index in [2.05, 4.69) is 38.5 Å². The van der Waals surface area contributed by atoms with Crippen LogP contribution in [0, 0.1) is 0 Å². The van der Waals surface area contributed by atoms with Gasteiger partial charge in [-0.25, -0.2) is 14.4 Å². The second kappa shape index (κ2) is 13.9. The molecule has 0 spiro atoms. The zero-order valence-electron chi connectivity index (χ0n) is 32.4. The Morgan fingerprint density at radius 1 is 0.885 bits per heavy atom. The molecule has 0 aliphatic carbocycles. The maximum atomic E-state index is 13.3. The lowest BCUT2D eigenvalue weighted by Crippen LogP contribution is -2.49. The molecule has 3 aromatic rings. The molecule has 2 aromatic carbocycles. The highest BCUT2D eigenvalue weighted by molar-refractivity contribution is 6.74. The van der Waals surface area contributed by atoms with E-state index in [1.54, 1.807) is 43.9 Å². The summed E-state index contributed by atoms with van der Waals surface area (Å²) in [5, 5.41) is 1.40. The smallest absolute Gasteiger partial charge is 0.410 e. The van der Waals surface area contributed by atoms with Gasteiger partial charge in [-0.15, -0.1) is 9.75 Å². The SMILES string of the molecule is C[n+]1c2ccc(OCC(ON3C(=O)c4ccccc4C3=O)C(=O)OC(C)(C)C)cc2cn1[C@@H]1CN(C(=O)OC(C)(C)C)C[C@@H]1O[Si](C)(C)C(C)(C)C. The number of aromatic nitrogens is 2. The average molecular weight is 738 g/mol. The van der Waals surface area contributed by atoms with Crippen LogP contribution < -0.4 is 9.42 Å². The van der Waals surface area contributed by atoms with Crippen molar-refractivity contribution in [3.05, 3.63) is 59.8 Å². The Hall–Kier alpha value is -4.27. The summed E-state index contributed by atoms with van der Waals surface area (Å²) in [5.74, 6) is -1.69. The molecule has 13 nitrogen and oxygen atoms in total. The quantitative estimate of drug-likeness (QED) is 0.113. The van der Waals surface area contributed by atoms with Crippen molar-refractivity contribution in [3.8, 4) is 5.75 Å². The van der Waals surface area contributed by atoms with Gasteiger partial charge >= 0.3 is 12.1 Å². The summed E-state index contributed by atoms with van der Waals surface area (Å²) in [7, 11) is -0.269. The number of fused-ring (bicyclic) bond motifs is 2. The molecule has 1 fully saturated rings. The second-order valence-electron chi connectivity index (χ2n) is 17.0. The van der Waals surface area contributed by atoms with Gasteiger partial charge in [0.15, 0.2) is 15.4 Å². The van der Waals surface area contributed by atoms with Crippen molar-refractivity contribution in [3.63, 3.8) is 0 Å². The minimum atomic E-state index is -2.22. The predicted molar refractivity (Wildman–Crippen MR) is 195 cm³/mol. The average Bonchev–Trinajstić information content (AvgIpc) is 3.64. The molecule has 5 rings (SSSR count). The number of aryl methyl sites for hydroxylation is 1. The maximum absolute atomic E-state index is 13.3. The molecule has 282 valence electrons. The fourth-order valence-corrected chi connectivity index (χ4v) is 7.26. The largest absolute Gasteiger partial charge is 0.490 e. The summed E-state index contributed by atoms with van der Waals surface area (Å²) in [6.45, 7) is 22.1. The highest BCUT2D eigenvalue weighted by atomic mass is 28.4. The minimum absolute atomic E-state index is 0.0348. The molecule has 2 aliphatic rings. The highest BCUT2D eigenvalue weighted by Gasteiger charge is 2.48. The van der Waals surface area contributed by atoms with Crippen molar-refractivity contribution >= 4 is 43.1 Å². The predicted octanol–water partition coefficient (Wildman–Crippen LogP) is 5.96. The molecule has 3 amide bonds. The lowest BCUT2D eigenvalue weighted by molar-refractivity contribution is -0.733. The number of imide groups is 1. The van der Waals surface area contributed by atoms with Gasteiger partial charge in [0.25, 0.3) is 11.8 Å². The van der Waals surface area contributed by atoms with Gasteiger partial charge in [-0.1, -0.05) is 32.9 Å². The summed E-state index contributed by atoms with van der Waals surface area (Å²) >= 11 is 0. The summed E-state index contributed by atoms with van der Waals surface area (Å²) in [4.78, 5) is 60.0. The monoisotopic (exact) mass is 737 g/mol. The molecular weight excluding hydrogens is 685 g/mol. The van der Waals surface area contributed by atoms with Crippen LogP contribution in [-0.4, -0.2) is 89.9 Å². The number of esters is 1. The molecule has 14 heteroatoms. The zero-order valence-corrected chi connectivity index (χ0v) is 33.4. The molecule has 3 heterocycles. The number of hydrogen-bond donors (Lipinski definition) is 0. The first-order valence-corrected chi connectivity index (χ1v) is 20.5. The molecule has 0 bridgehead atoms. The van der Waals surface area contributed by atoms with Crippen LogP contribution in [-0.2, 0) is 30.6 Å². The molecule has 0 radical (unpaired) electrons. The van der Waals surface area contributed by atoms with Crippen LogP contribution in [0.15, 0.2) is 48.7 Å². The van der Waals surface area contributed by atoms with E-state index in [1.807, 2.05) is 50.8 Å². The highest BCUT2D eigenvalue weighted by Crippen LogP contribution is 2.40. The van der Waals surface area contributed by atoms with Gasteiger partial charge < -0.3 is 23.5 Å². The Labute approximate surface area is 306 Å². The first-order chi connectivity index (χ1) is 24.0. The minimum Gasteiger partial charge on any atom is -0.490 e. The summed E-state index contributed by atoms with van der Waals surface area (Å²) < 4.78 is 28.5. The Morgan fingerprint density at radius 2 is 1.48 bits per heavy atom. The van der Waals surface area contributed by atoms with E-state index < -0.39 is 43.4 Å². The third kappa shape index (κ3) is 8.34. The third-order valence-electron chi connectivity index (χ3n) is 9.51. The van der Waals surface area contributed by atoms with E-state index in [-0.39, 0.29) is 41.0 Å². The van der Waals surface area contributed by atoms with Crippen LogP contribution in [0.25, 0.3) is 10.9 Å². The van der Waals surface area contributed by atoms with Crippen molar-refractivity contribution in [2.45, 2.75) is 110 Å². The van der Waals surface area contributed by atoms with Crippen molar-refractivity contribution in [1.82, 2.24) is 14.6 Å². The van der Waals surface area contributed by atoms with Crippen LogP contribution in [0.2, 0.25) is 18.1 Å². The molecule has 52 heavy (non-hydrogen) atoms. The van der Waals surface area contributed by atoms with Crippen LogP contribution in [0.4, 0.5) is 4.79 Å². The van der Waals surface area contributed by atoms with Crippen LogP contribution >= 0.6 is 0 Å². The maximum Gasteiger partial charge on any atom is 0.410 e. The van der Waals surface area contributed by atoms with Gasteiger partial charge in [0.05, 0.1) is 41.9 Å². The Morgan fingerprint density at radius 3 is 2.04 bits per heavy atom. The lowest BCUT2D eigenvalue weighted by Gasteiger charge is -2.39. The first kappa shape index (κ1) is 38.9. The summed E-state index contributed by atoms with van der Waals surface area (Å²) in [5.41, 5.74) is -0.213. The van der Waals surface area contributed by atoms with Crippen molar-refractivity contribution in [2.75, 3.05) is 19.7 Å². The van der Waals surface area contributed by atoms with E-state index in [9.17, 15) is 19.2 Å². The molecule has 2 aliphatic heterocycles. The van der Waals surface area contributed by atoms with Crippen molar-refractivity contribution in [2.24, 2.45) is 7.05 Å². The van der Waals surface area contributed by atoms with E-state index in [1.165, 1.54) is 12.1 Å². The lowest BCUT2D eigenvalue weighted by atomic mass is 10.1. The molecule has 3 atom stereocenters. The van der Waals surface area contributed by atoms with Gasteiger partial charge in [-0.05, 0) is 83.9 Å². The standard InChI is InChI=1S/C38H53N4O9Si/c1-36(2,3)48-34(45)31(50-42-32(43)26-15-13-14-16-27(26)33(42)44)23-47-25-17-18-28-24(19-25)20-41(39(28)10)29-21-40(35(46)49-37(4,5)6)22-30(29)51-52(11,12)38(7,8)9/h13-20,29-31H,21-23H2,1-12H3/q+1/t29-,30+,31?/m1/s1. The number of carbonyl (C=O) groups is 4. The second-order valence-corrected chi connectivity index (χ2v) is 21.8. The number of hydrogen-bond acceptors (Lipinski definition) is 9. The van der Waals surface area contributed by atoms with Crippen molar-refractivity contribution < 1.29 is 47.3 Å². The molecular formula is C38H53N4O9Si+. The Balaban J connectivity index is 1.39. The normalized spacial score (nSPS) is 18.9. The summed E-state index contributed by atoms with van der Waals surface area (Å²) in [6, 6.07) is 11.7. The molecule has 1 unspecified atom stereocenters. The van der Waals surface area contributed by atoms with Gasteiger partial charge in [0.2, 0.25) is 11.6 Å². The molecule has 0 N–H and O–H groups in total. The fraction of sp³-hybridized carbons (Fsp3) is 0.553. The fourth-order valence-electron chi connectivity index (χ4n) is 5.92. The third-order valence-corrected chi connectivity index (χ3v) is 14.0. The topological polar surface area (TPSA) is 130 Å². The molecule has 0 saturated carbocycles. The number of hydroxylamine groups is 2. The van der Waals surface area contributed by atoms with E-state index in [4.69, 9.17) is 23.5 Å². The van der Waals surface area contributed by atoms with Gasteiger partial charge in [-0.2, -0.15) is 4.68 Å². The Kier molecular flexibility index (Phi) is 10.4. The number of amides is 3. The Bertz CT molecular complexity index is 1830. The van der Waals surface area contributed by atoms with Gasteiger partial charge in [0.1, 0.15) is 29.6 Å². The number of nitrogens with zero attached hydrogens (tertiary/aromatic N) is 4. The number of likely N-dealkylation sites (tertiary alicyclic amines) is 1. The van der Waals surface area contributed by atoms with Crippen LogP contribution in [0.3, 0.4) is 0 Å². The number of carbonyl (C=O) groups excluding carboxylic acids is 4. The number of ether oxygens (including phenoxy) is 3.